The third-order valence-corrected chi connectivity index (χ3v) is 10.8. The van der Waals surface area contributed by atoms with Gasteiger partial charge in [0.05, 0.1) is 66.3 Å². The number of hydrogen-bond acceptors (Lipinski definition) is 4. The summed E-state index contributed by atoms with van der Waals surface area (Å²) >= 11 is 0. The van der Waals surface area contributed by atoms with Gasteiger partial charge in [-0.05, 0) is 63.5 Å². The normalized spacial score (nSPS) is 11.6. The molecule has 0 saturated carbocycles. The van der Waals surface area contributed by atoms with Crippen molar-refractivity contribution in [2.45, 2.75) is 233 Å². The zero-order valence-corrected chi connectivity index (χ0v) is 38.1. The highest BCUT2D eigenvalue weighted by Crippen LogP contribution is 2.15. The first-order chi connectivity index (χ1) is 25.9. The Balaban J connectivity index is -0.000000801. The summed E-state index contributed by atoms with van der Waals surface area (Å²) in [4.78, 5) is 18.8. The molecule has 0 heterocycles. The summed E-state index contributed by atoms with van der Waals surface area (Å²) in [6.07, 6.45) is 46.8. The molecule has 0 fully saturated rings. The van der Waals surface area contributed by atoms with E-state index in [0.29, 0.717) is 12.2 Å². The number of rotatable bonds is 38. The Labute approximate surface area is 339 Å². The molecule has 0 rings (SSSR count). The molecule has 0 amide bonds. The number of carbonyl (C=O) groups is 2. The second kappa shape index (κ2) is 44.3. The van der Waals surface area contributed by atoms with E-state index in [1.165, 1.54) is 241 Å². The van der Waals surface area contributed by atoms with E-state index < -0.39 is 11.9 Å². The van der Waals surface area contributed by atoms with Gasteiger partial charge in [0.15, 0.2) is 0 Å². The van der Waals surface area contributed by atoms with Gasteiger partial charge in [0.1, 0.15) is 0 Å². The number of carbonyl (C=O) groups excluding carboxylic acids is 2. The highest BCUT2D eigenvalue weighted by Gasteiger charge is 2.14. The van der Waals surface area contributed by atoms with Crippen LogP contribution >= 0.6 is 0 Å². The lowest BCUT2D eigenvalue weighted by Gasteiger charge is -2.30. The van der Waals surface area contributed by atoms with Gasteiger partial charge in [-0.15, -0.1) is 0 Å². The lowest BCUT2D eigenvalue weighted by atomic mass is 10.1. The van der Waals surface area contributed by atoms with Crippen LogP contribution in [-0.4, -0.2) is 75.3 Å². The van der Waals surface area contributed by atoms with Gasteiger partial charge in [0.2, 0.25) is 0 Å². The van der Waals surface area contributed by atoms with Crippen molar-refractivity contribution in [2.75, 3.05) is 54.4 Å². The number of quaternary nitrogens is 2. The molecule has 6 nitrogen and oxygen atoms in total. The fourth-order valence-electron chi connectivity index (χ4n) is 7.05. The van der Waals surface area contributed by atoms with Crippen LogP contribution in [0.3, 0.4) is 0 Å². The van der Waals surface area contributed by atoms with Crippen LogP contribution in [0.25, 0.3) is 0 Å². The van der Waals surface area contributed by atoms with Crippen LogP contribution in [0.2, 0.25) is 0 Å². The summed E-state index contributed by atoms with van der Waals surface area (Å²) in [5, 5.41) is 18.8. The van der Waals surface area contributed by atoms with E-state index in [2.05, 4.69) is 55.9 Å². The molecule has 0 aromatic carbocycles. The highest BCUT2D eigenvalue weighted by molar-refractivity contribution is 5.87. The van der Waals surface area contributed by atoms with Gasteiger partial charge in [-0.2, -0.15) is 0 Å². The van der Waals surface area contributed by atoms with E-state index in [1.807, 2.05) is 0 Å². The average Bonchev–Trinajstić information content (AvgIpc) is 3.12. The Morgan fingerprint density at radius 1 is 0.315 bits per heavy atom. The monoisotopic (exact) mass is 767 g/mol. The minimum Gasteiger partial charge on any atom is -0.545 e. The summed E-state index contributed by atoms with van der Waals surface area (Å²) in [5.74, 6) is -3.09. The molecule has 0 aliphatic heterocycles. The molecule has 0 spiro atoms. The molecule has 0 bridgehead atoms. The molecular formula is C48H98N2O4. The molecule has 0 aliphatic rings. The molecular weight excluding hydrogens is 669 g/mol. The number of carboxylic acids is 2. The van der Waals surface area contributed by atoms with Crippen LogP contribution in [0.15, 0.2) is 12.2 Å². The standard InChI is InChI=1S/2C22H48N.C4H4O4/c2*1-5-7-9-11-13-15-17-19-21-23(3,4)22-20-18-16-14-12-10-8-6-2;5-3(6)1-2-4(7)8/h2*5-22H2,1-4H3;1-2H,(H,5,6)(H,7,8)/q2*+1;/p-2/b;;2-1-. The summed E-state index contributed by atoms with van der Waals surface area (Å²) in [5.41, 5.74) is 0. The van der Waals surface area contributed by atoms with Gasteiger partial charge in [-0.3, -0.25) is 0 Å². The van der Waals surface area contributed by atoms with Crippen LogP contribution in [0, 0.1) is 0 Å². The first kappa shape index (κ1) is 56.9. The van der Waals surface area contributed by atoms with Gasteiger partial charge in [-0.1, -0.05) is 182 Å². The number of nitrogens with zero attached hydrogens (tertiary/aromatic N) is 2. The molecule has 0 aromatic heterocycles. The van der Waals surface area contributed by atoms with Crippen molar-refractivity contribution in [3.8, 4) is 0 Å². The van der Waals surface area contributed by atoms with E-state index in [0.717, 1.165) is 0 Å². The van der Waals surface area contributed by atoms with Crippen LogP contribution in [0.4, 0.5) is 0 Å². The molecule has 0 unspecified atom stereocenters. The van der Waals surface area contributed by atoms with E-state index in [4.69, 9.17) is 0 Å². The smallest absolute Gasteiger partial charge is 0.0782 e. The van der Waals surface area contributed by atoms with Gasteiger partial charge in [-0.25, -0.2) is 0 Å². The largest absolute Gasteiger partial charge is 0.545 e. The Bertz CT molecular complexity index is 688. The number of aliphatic carboxylic acids is 2. The van der Waals surface area contributed by atoms with Crippen molar-refractivity contribution < 1.29 is 28.8 Å². The SMILES string of the molecule is CCCCCCCCCC[N+](C)(C)CCCCCCCCCC.CCCCCCCCCC[N+](C)(C)CCCCCCCCCC.O=C([O-])/C=C\C(=O)[O-]. The maximum absolute atomic E-state index is 9.41. The fourth-order valence-corrected chi connectivity index (χ4v) is 7.05. The second-order valence-corrected chi connectivity index (χ2v) is 17.6. The predicted molar refractivity (Wildman–Crippen MR) is 233 cm³/mol. The Kier molecular flexibility index (Phi) is 46.7. The molecule has 0 radical (unpaired) electrons. The Morgan fingerprint density at radius 3 is 0.611 bits per heavy atom. The maximum Gasteiger partial charge on any atom is 0.0782 e. The molecule has 54 heavy (non-hydrogen) atoms. The Hall–Kier alpha value is -1.40. The second-order valence-electron chi connectivity index (χ2n) is 17.6. The maximum atomic E-state index is 9.41. The molecule has 6 heteroatoms. The van der Waals surface area contributed by atoms with E-state index in [1.54, 1.807) is 0 Å². The molecule has 324 valence electrons. The first-order valence-corrected chi connectivity index (χ1v) is 23.6. The molecule has 0 aromatic rings. The number of carboxylic acid groups (broad SMARTS) is 2. The quantitative estimate of drug-likeness (QED) is 0.0356. The third-order valence-electron chi connectivity index (χ3n) is 10.8. The van der Waals surface area contributed by atoms with Gasteiger partial charge in [0.25, 0.3) is 0 Å². The minimum absolute atomic E-state index is 0.384. The summed E-state index contributed by atoms with van der Waals surface area (Å²) < 4.78 is 2.48. The summed E-state index contributed by atoms with van der Waals surface area (Å²) in [6, 6.07) is 0. The van der Waals surface area contributed by atoms with Crippen LogP contribution in [0.5, 0.6) is 0 Å². The average molecular weight is 767 g/mol. The van der Waals surface area contributed by atoms with E-state index in [-0.39, 0.29) is 0 Å². The predicted octanol–water partition coefficient (Wildman–Crippen LogP) is 11.7. The summed E-state index contributed by atoms with van der Waals surface area (Å²) in [6.45, 7) is 14.7. The summed E-state index contributed by atoms with van der Waals surface area (Å²) in [7, 11) is 9.73. The van der Waals surface area contributed by atoms with Gasteiger partial charge >= 0.3 is 0 Å². The zero-order chi connectivity index (χ0) is 41.0. The molecule has 0 atom stereocenters. The third kappa shape index (κ3) is 54.9. The molecule has 0 aliphatic carbocycles. The molecule has 0 saturated heterocycles. The molecule has 0 N–H and O–H groups in total. The van der Waals surface area contributed by atoms with E-state index >= 15 is 0 Å². The lowest BCUT2D eigenvalue weighted by molar-refractivity contribution is -0.890. The van der Waals surface area contributed by atoms with Crippen molar-refractivity contribution in [1.82, 2.24) is 0 Å². The van der Waals surface area contributed by atoms with Crippen molar-refractivity contribution >= 4 is 11.9 Å². The van der Waals surface area contributed by atoms with Crippen molar-refractivity contribution in [2.24, 2.45) is 0 Å². The zero-order valence-electron chi connectivity index (χ0n) is 38.1. The van der Waals surface area contributed by atoms with Crippen molar-refractivity contribution in [3.05, 3.63) is 12.2 Å². The van der Waals surface area contributed by atoms with Crippen molar-refractivity contribution in [3.63, 3.8) is 0 Å². The topological polar surface area (TPSA) is 80.3 Å². The fraction of sp³-hybridized carbons (Fsp3) is 0.917. The van der Waals surface area contributed by atoms with Crippen LogP contribution in [0.1, 0.15) is 233 Å². The van der Waals surface area contributed by atoms with Crippen LogP contribution < -0.4 is 10.2 Å². The van der Waals surface area contributed by atoms with Crippen LogP contribution in [-0.2, 0) is 9.59 Å². The van der Waals surface area contributed by atoms with Gasteiger partial charge in [0, 0.05) is 0 Å². The number of unbranched alkanes of at least 4 members (excludes halogenated alkanes) is 28. The minimum atomic E-state index is -1.55. The Morgan fingerprint density at radius 2 is 0.463 bits per heavy atom. The number of hydrogen-bond donors (Lipinski definition) is 0. The first-order valence-electron chi connectivity index (χ1n) is 23.6. The van der Waals surface area contributed by atoms with E-state index in [9.17, 15) is 19.8 Å². The lowest BCUT2D eigenvalue weighted by Crippen LogP contribution is -2.41. The van der Waals surface area contributed by atoms with Gasteiger partial charge < -0.3 is 28.8 Å². The van der Waals surface area contributed by atoms with Crippen molar-refractivity contribution in [1.29, 1.82) is 0 Å². The highest BCUT2D eigenvalue weighted by atomic mass is 16.4.